The number of imidazole rings is 1. The molecule has 1 aromatic carbocycles. The van der Waals surface area contributed by atoms with E-state index in [1.165, 1.54) is 0 Å². The molecule has 2 aromatic heterocycles. The number of fused-ring (bicyclic) bond motifs is 1. The van der Waals surface area contributed by atoms with Crippen LogP contribution >= 0.6 is 0 Å². The van der Waals surface area contributed by atoms with Crippen LogP contribution in [0.25, 0.3) is 10.9 Å². The number of aromatic amines is 1. The van der Waals surface area contributed by atoms with E-state index in [9.17, 15) is 4.79 Å². The molecule has 0 spiro atoms. The number of carbonyl (C=O) groups is 1. The predicted octanol–water partition coefficient (Wildman–Crippen LogP) is 3.68. The maximum Gasteiger partial charge on any atom is 0.198 e. The second-order valence-electron chi connectivity index (χ2n) is 5.75. The first-order valence-corrected chi connectivity index (χ1v) is 7.79. The Hall–Kier alpha value is -2.56. The van der Waals surface area contributed by atoms with E-state index >= 15 is 0 Å². The summed E-state index contributed by atoms with van der Waals surface area (Å²) in [5.41, 5.74) is 2.22. The van der Waals surface area contributed by atoms with Crippen molar-refractivity contribution < 1.29 is 9.53 Å². The molecule has 3 aromatic rings. The maximum absolute atomic E-state index is 12.5. The molecule has 0 amide bonds. The fourth-order valence-electron chi connectivity index (χ4n) is 3.01. The van der Waals surface area contributed by atoms with Gasteiger partial charge in [0.05, 0.1) is 7.11 Å². The molecular weight excluding hydrogens is 290 g/mol. The number of Topliss-reactive ketones (excluding diaryl/α,β-unsaturated/α-hetero) is 1. The molecular formula is C18H21N3O2. The second-order valence-corrected chi connectivity index (χ2v) is 5.75. The smallest absolute Gasteiger partial charge is 0.198 e. The first-order chi connectivity index (χ1) is 11.1. The highest BCUT2D eigenvalue weighted by molar-refractivity contribution is 5.94. The molecule has 5 nitrogen and oxygen atoms in total. The van der Waals surface area contributed by atoms with Crippen molar-refractivity contribution in [2.75, 3.05) is 7.11 Å². The van der Waals surface area contributed by atoms with Crippen LogP contribution < -0.4 is 4.74 Å². The molecule has 2 heterocycles. The van der Waals surface area contributed by atoms with Crippen LogP contribution in [0, 0.1) is 0 Å². The average molecular weight is 311 g/mol. The largest absolute Gasteiger partial charge is 0.497 e. The van der Waals surface area contributed by atoms with Gasteiger partial charge in [-0.3, -0.25) is 4.79 Å². The van der Waals surface area contributed by atoms with Crippen LogP contribution in [0.2, 0.25) is 0 Å². The van der Waals surface area contributed by atoms with E-state index in [0.717, 1.165) is 28.6 Å². The summed E-state index contributed by atoms with van der Waals surface area (Å²) >= 11 is 0. The zero-order valence-corrected chi connectivity index (χ0v) is 13.7. The summed E-state index contributed by atoms with van der Waals surface area (Å²) in [5, 5.41) is 1.11. The van der Waals surface area contributed by atoms with Gasteiger partial charge < -0.3 is 14.3 Å². The highest BCUT2D eigenvalue weighted by atomic mass is 16.5. The summed E-state index contributed by atoms with van der Waals surface area (Å²) in [6.45, 7) is 2.11. The molecule has 5 heteroatoms. The number of rotatable bonds is 6. The Morgan fingerprint density at radius 3 is 2.91 bits per heavy atom. The molecule has 23 heavy (non-hydrogen) atoms. The first-order valence-electron chi connectivity index (χ1n) is 7.79. The lowest BCUT2D eigenvalue weighted by Crippen LogP contribution is -2.11. The van der Waals surface area contributed by atoms with Gasteiger partial charge in [0.25, 0.3) is 0 Å². The minimum Gasteiger partial charge on any atom is -0.497 e. The van der Waals surface area contributed by atoms with Gasteiger partial charge in [0.2, 0.25) is 0 Å². The number of nitrogens with zero attached hydrogens (tertiary/aromatic N) is 2. The predicted molar refractivity (Wildman–Crippen MR) is 90.0 cm³/mol. The van der Waals surface area contributed by atoms with Crippen LogP contribution in [0.1, 0.15) is 41.9 Å². The minimum absolute atomic E-state index is 0.0709. The Balaban J connectivity index is 1.92. The van der Waals surface area contributed by atoms with Gasteiger partial charge in [0.1, 0.15) is 5.75 Å². The third kappa shape index (κ3) is 2.86. The monoisotopic (exact) mass is 311 g/mol. The van der Waals surface area contributed by atoms with Crippen molar-refractivity contribution in [3.63, 3.8) is 0 Å². The normalized spacial score (nSPS) is 12.5. The quantitative estimate of drug-likeness (QED) is 0.706. The molecule has 1 N–H and O–H groups in total. The molecule has 1 unspecified atom stereocenters. The molecule has 0 aliphatic rings. The Morgan fingerprint density at radius 2 is 2.26 bits per heavy atom. The Morgan fingerprint density at radius 1 is 1.43 bits per heavy atom. The lowest BCUT2D eigenvalue weighted by Gasteiger charge is -2.13. The maximum atomic E-state index is 12.5. The molecule has 3 rings (SSSR count). The van der Waals surface area contributed by atoms with Gasteiger partial charge in [0.15, 0.2) is 11.6 Å². The number of ketones is 1. The van der Waals surface area contributed by atoms with Gasteiger partial charge in [-0.2, -0.15) is 0 Å². The molecule has 0 fully saturated rings. The lowest BCUT2D eigenvalue weighted by atomic mass is 9.91. The van der Waals surface area contributed by atoms with Crippen LogP contribution in [0.4, 0.5) is 0 Å². The second kappa shape index (κ2) is 6.28. The number of H-pyrrole nitrogens is 1. The van der Waals surface area contributed by atoms with Crippen molar-refractivity contribution in [1.29, 1.82) is 0 Å². The van der Waals surface area contributed by atoms with Gasteiger partial charge in [-0.05, 0) is 36.1 Å². The summed E-state index contributed by atoms with van der Waals surface area (Å²) in [6, 6.07) is 5.96. The Labute approximate surface area is 135 Å². The van der Waals surface area contributed by atoms with Gasteiger partial charge in [-0.25, -0.2) is 4.98 Å². The van der Waals surface area contributed by atoms with Crippen molar-refractivity contribution in [2.45, 2.75) is 25.7 Å². The van der Waals surface area contributed by atoms with E-state index in [4.69, 9.17) is 4.74 Å². The zero-order chi connectivity index (χ0) is 16.4. The van der Waals surface area contributed by atoms with Crippen molar-refractivity contribution in [3.05, 3.63) is 48.2 Å². The SMILES string of the molecule is CCC(CC(=O)c1nccn1C)c1c[nH]c2ccc(OC)cc12. The van der Waals surface area contributed by atoms with Gasteiger partial charge in [-0.15, -0.1) is 0 Å². The summed E-state index contributed by atoms with van der Waals surface area (Å²) in [7, 11) is 3.51. The van der Waals surface area contributed by atoms with E-state index in [1.807, 2.05) is 31.4 Å². The van der Waals surface area contributed by atoms with E-state index in [2.05, 4.69) is 16.9 Å². The number of methoxy groups -OCH3 is 1. The third-order valence-electron chi connectivity index (χ3n) is 4.36. The van der Waals surface area contributed by atoms with Crippen LogP contribution in [-0.2, 0) is 7.05 Å². The third-order valence-corrected chi connectivity index (χ3v) is 4.36. The number of nitrogens with one attached hydrogen (secondary N) is 1. The van der Waals surface area contributed by atoms with Crippen molar-refractivity contribution in [1.82, 2.24) is 14.5 Å². The van der Waals surface area contributed by atoms with Crippen LogP contribution in [0.5, 0.6) is 5.75 Å². The van der Waals surface area contributed by atoms with E-state index in [-0.39, 0.29) is 11.7 Å². The molecule has 0 bridgehead atoms. The topological polar surface area (TPSA) is 59.9 Å². The van der Waals surface area contributed by atoms with Gasteiger partial charge in [0, 0.05) is 43.0 Å². The van der Waals surface area contributed by atoms with E-state index in [0.29, 0.717) is 12.2 Å². The van der Waals surface area contributed by atoms with Crippen molar-refractivity contribution in [2.24, 2.45) is 7.05 Å². The number of hydrogen-bond acceptors (Lipinski definition) is 3. The summed E-state index contributed by atoms with van der Waals surface area (Å²) in [5.74, 6) is 1.56. The van der Waals surface area contributed by atoms with Crippen LogP contribution in [0.15, 0.2) is 36.8 Å². The Bertz CT molecular complexity index is 832. The lowest BCUT2D eigenvalue weighted by molar-refractivity contribution is 0.0960. The van der Waals surface area contributed by atoms with E-state index in [1.54, 1.807) is 24.1 Å². The van der Waals surface area contributed by atoms with Crippen molar-refractivity contribution >= 4 is 16.7 Å². The Kier molecular flexibility index (Phi) is 4.19. The highest BCUT2D eigenvalue weighted by Crippen LogP contribution is 2.33. The molecule has 0 aliphatic heterocycles. The van der Waals surface area contributed by atoms with Gasteiger partial charge in [-0.1, -0.05) is 6.92 Å². The molecule has 1 atom stereocenters. The van der Waals surface area contributed by atoms with Crippen LogP contribution in [-0.4, -0.2) is 27.4 Å². The fourth-order valence-corrected chi connectivity index (χ4v) is 3.01. The molecule has 120 valence electrons. The highest BCUT2D eigenvalue weighted by Gasteiger charge is 2.21. The van der Waals surface area contributed by atoms with Gasteiger partial charge >= 0.3 is 0 Å². The molecule has 0 saturated heterocycles. The number of hydrogen-bond donors (Lipinski definition) is 1. The number of aromatic nitrogens is 3. The molecule has 0 radical (unpaired) electrons. The average Bonchev–Trinajstić information content (AvgIpc) is 3.18. The summed E-state index contributed by atoms with van der Waals surface area (Å²) in [6.07, 6.45) is 6.80. The van der Waals surface area contributed by atoms with E-state index < -0.39 is 0 Å². The van der Waals surface area contributed by atoms with Crippen LogP contribution in [0.3, 0.4) is 0 Å². The van der Waals surface area contributed by atoms with Crippen molar-refractivity contribution in [3.8, 4) is 5.75 Å². The molecule has 0 saturated carbocycles. The number of carbonyl (C=O) groups excluding carboxylic acids is 1. The number of ether oxygens (including phenoxy) is 1. The number of benzene rings is 1. The summed E-state index contributed by atoms with van der Waals surface area (Å²) in [4.78, 5) is 20.0. The summed E-state index contributed by atoms with van der Waals surface area (Å²) < 4.78 is 7.09. The number of aryl methyl sites for hydroxylation is 1. The fraction of sp³-hybridized carbons (Fsp3) is 0.333. The first kappa shape index (κ1) is 15.3. The standard InChI is InChI=1S/C18H21N3O2/c1-4-12(9-17(22)18-19-7-8-21(18)2)15-11-20-16-6-5-13(23-3)10-14(15)16/h5-8,10-12,20H,4,9H2,1-3H3. The minimum atomic E-state index is 0.0709. The zero-order valence-electron chi connectivity index (χ0n) is 13.7. The molecule has 0 aliphatic carbocycles.